The SMILES string of the molecule is CCOP(=O)(OCC)C(F)(F)c1cc(-c2ccccc2)ccc1Br. The fourth-order valence-electron chi connectivity index (χ4n) is 2.25. The maximum atomic E-state index is 15.0. The van der Waals surface area contributed by atoms with E-state index in [1.807, 2.05) is 30.3 Å². The van der Waals surface area contributed by atoms with Gasteiger partial charge in [-0.2, -0.15) is 8.78 Å². The molecular formula is C17H18BrF2O3P. The smallest absolute Gasteiger partial charge is 0.304 e. The van der Waals surface area contributed by atoms with Crippen molar-refractivity contribution in [3.63, 3.8) is 0 Å². The molecule has 0 heterocycles. The zero-order valence-electron chi connectivity index (χ0n) is 13.3. The Hall–Kier alpha value is -1.07. The summed E-state index contributed by atoms with van der Waals surface area (Å²) in [5.41, 5.74) is -2.82. The average molecular weight is 419 g/mol. The van der Waals surface area contributed by atoms with Crippen LogP contribution in [0.4, 0.5) is 8.78 Å². The molecule has 0 fully saturated rings. The largest absolute Gasteiger partial charge is 0.404 e. The van der Waals surface area contributed by atoms with Gasteiger partial charge < -0.3 is 9.05 Å². The Kier molecular flexibility index (Phi) is 6.32. The van der Waals surface area contributed by atoms with Crippen LogP contribution in [0, 0.1) is 0 Å². The minimum Gasteiger partial charge on any atom is -0.304 e. The van der Waals surface area contributed by atoms with Crippen molar-refractivity contribution in [2.75, 3.05) is 13.2 Å². The van der Waals surface area contributed by atoms with Gasteiger partial charge >= 0.3 is 13.3 Å². The Morgan fingerprint density at radius 1 is 1.00 bits per heavy atom. The lowest BCUT2D eigenvalue weighted by molar-refractivity contribution is 0.0355. The summed E-state index contributed by atoms with van der Waals surface area (Å²) < 4.78 is 52.5. The van der Waals surface area contributed by atoms with Gasteiger partial charge in [-0.05, 0) is 37.1 Å². The van der Waals surface area contributed by atoms with E-state index in [1.54, 1.807) is 6.07 Å². The highest BCUT2D eigenvalue weighted by molar-refractivity contribution is 9.10. The van der Waals surface area contributed by atoms with Gasteiger partial charge in [-0.3, -0.25) is 4.57 Å². The molecule has 0 radical (unpaired) electrons. The third-order valence-electron chi connectivity index (χ3n) is 3.34. The molecule has 0 aliphatic carbocycles. The van der Waals surface area contributed by atoms with Gasteiger partial charge in [0, 0.05) is 10.0 Å². The molecule has 24 heavy (non-hydrogen) atoms. The molecule has 130 valence electrons. The molecule has 3 nitrogen and oxygen atoms in total. The highest BCUT2D eigenvalue weighted by atomic mass is 79.9. The molecular weight excluding hydrogens is 401 g/mol. The molecule has 0 aliphatic rings. The molecule has 0 amide bonds. The standard InChI is InChI=1S/C17H18BrF2O3P/c1-3-22-24(21,23-4-2)17(19,20)15-12-14(10-11-16(15)18)13-8-6-5-7-9-13/h5-12H,3-4H2,1-2H3. The van der Waals surface area contributed by atoms with Gasteiger partial charge in [0.25, 0.3) is 0 Å². The van der Waals surface area contributed by atoms with Crippen molar-refractivity contribution in [2.24, 2.45) is 0 Å². The quantitative estimate of drug-likeness (QED) is 0.485. The lowest BCUT2D eigenvalue weighted by Gasteiger charge is -2.27. The number of rotatable bonds is 7. The maximum Gasteiger partial charge on any atom is 0.404 e. The van der Waals surface area contributed by atoms with Crippen LogP contribution in [0.2, 0.25) is 0 Å². The summed E-state index contributed by atoms with van der Waals surface area (Å²) in [6.07, 6.45) is 0. The second-order valence-corrected chi connectivity index (χ2v) is 7.86. The Morgan fingerprint density at radius 2 is 1.58 bits per heavy atom. The highest BCUT2D eigenvalue weighted by Crippen LogP contribution is 2.67. The summed E-state index contributed by atoms with van der Waals surface area (Å²) in [6, 6.07) is 13.6. The fraction of sp³-hybridized carbons (Fsp3) is 0.294. The van der Waals surface area contributed by atoms with Gasteiger partial charge in [-0.1, -0.05) is 52.3 Å². The van der Waals surface area contributed by atoms with Crippen LogP contribution in [0.15, 0.2) is 53.0 Å². The van der Waals surface area contributed by atoms with Crippen molar-refractivity contribution >= 4 is 23.5 Å². The first-order valence-electron chi connectivity index (χ1n) is 7.48. The summed E-state index contributed by atoms with van der Waals surface area (Å²) in [5.74, 6) is 0. The number of benzene rings is 2. The van der Waals surface area contributed by atoms with Gasteiger partial charge in [0.15, 0.2) is 0 Å². The second kappa shape index (κ2) is 7.87. The van der Waals surface area contributed by atoms with E-state index in [-0.39, 0.29) is 17.7 Å². The molecule has 0 spiro atoms. The zero-order valence-corrected chi connectivity index (χ0v) is 15.8. The molecule has 0 bridgehead atoms. The van der Waals surface area contributed by atoms with E-state index < -0.39 is 18.8 Å². The van der Waals surface area contributed by atoms with Crippen LogP contribution in [-0.2, 0) is 19.3 Å². The topological polar surface area (TPSA) is 35.5 Å². The first-order valence-corrected chi connectivity index (χ1v) is 9.81. The molecule has 0 unspecified atom stereocenters. The van der Waals surface area contributed by atoms with Crippen LogP contribution in [0.25, 0.3) is 11.1 Å². The minimum atomic E-state index is -4.65. The number of alkyl halides is 2. The second-order valence-electron chi connectivity index (χ2n) is 4.93. The number of hydrogen-bond acceptors (Lipinski definition) is 3. The molecule has 2 rings (SSSR count). The normalized spacial score (nSPS) is 12.4. The first-order chi connectivity index (χ1) is 11.4. The lowest BCUT2D eigenvalue weighted by Crippen LogP contribution is -2.19. The van der Waals surface area contributed by atoms with Crippen molar-refractivity contribution in [3.8, 4) is 11.1 Å². The van der Waals surface area contributed by atoms with Crippen molar-refractivity contribution in [1.29, 1.82) is 0 Å². The highest BCUT2D eigenvalue weighted by Gasteiger charge is 2.55. The van der Waals surface area contributed by atoms with Crippen molar-refractivity contribution < 1.29 is 22.4 Å². The summed E-state index contributed by atoms with van der Waals surface area (Å²) in [4.78, 5) is 0. The summed E-state index contributed by atoms with van der Waals surface area (Å²) in [6.45, 7) is 2.72. The Balaban J connectivity index is 2.55. The molecule has 0 aliphatic heterocycles. The number of hydrogen-bond donors (Lipinski definition) is 0. The van der Waals surface area contributed by atoms with Crippen molar-refractivity contribution in [2.45, 2.75) is 19.5 Å². The third-order valence-corrected chi connectivity index (χ3v) is 6.16. The fourth-order valence-corrected chi connectivity index (χ4v) is 4.46. The van der Waals surface area contributed by atoms with Gasteiger partial charge in [0.2, 0.25) is 0 Å². The van der Waals surface area contributed by atoms with Gasteiger partial charge in [-0.15, -0.1) is 0 Å². The van der Waals surface area contributed by atoms with E-state index in [0.29, 0.717) is 5.56 Å². The molecule has 2 aromatic carbocycles. The lowest BCUT2D eigenvalue weighted by atomic mass is 10.0. The molecule has 0 atom stereocenters. The summed E-state index contributed by atoms with van der Waals surface area (Å²) in [5, 5.41) is 0. The van der Waals surface area contributed by atoms with Crippen LogP contribution in [0.5, 0.6) is 0 Å². The van der Waals surface area contributed by atoms with Crippen molar-refractivity contribution in [1.82, 2.24) is 0 Å². The predicted molar refractivity (Wildman–Crippen MR) is 94.3 cm³/mol. The summed E-state index contributed by atoms with van der Waals surface area (Å²) in [7, 11) is -4.65. The molecule has 0 N–H and O–H groups in total. The van der Waals surface area contributed by atoms with Gasteiger partial charge in [0.05, 0.1) is 13.2 Å². The van der Waals surface area contributed by atoms with Gasteiger partial charge in [-0.25, -0.2) is 0 Å². The van der Waals surface area contributed by atoms with Crippen LogP contribution >= 0.6 is 23.5 Å². The van der Waals surface area contributed by atoms with Crippen molar-refractivity contribution in [3.05, 3.63) is 58.6 Å². The minimum absolute atomic E-state index is 0.136. The zero-order chi connectivity index (χ0) is 17.8. The van der Waals surface area contributed by atoms with E-state index >= 15 is 0 Å². The van der Waals surface area contributed by atoms with Crippen LogP contribution in [0.1, 0.15) is 19.4 Å². The predicted octanol–water partition coefficient (Wildman–Crippen LogP) is 6.43. The van der Waals surface area contributed by atoms with Crippen LogP contribution in [-0.4, -0.2) is 13.2 Å². The molecule has 0 saturated carbocycles. The maximum absolute atomic E-state index is 15.0. The van der Waals surface area contributed by atoms with Crippen LogP contribution < -0.4 is 0 Å². The Labute approximate surface area is 148 Å². The number of halogens is 3. The first kappa shape index (κ1) is 19.3. The van der Waals surface area contributed by atoms with E-state index in [2.05, 4.69) is 15.9 Å². The van der Waals surface area contributed by atoms with E-state index in [1.165, 1.54) is 26.0 Å². The van der Waals surface area contributed by atoms with E-state index in [4.69, 9.17) is 9.05 Å². The summed E-state index contributed by atoms with van der Waals surface area (Å²) >= 11 is 3.12. The van der Waals surface area contributed by atoms with E-state index in [9.17, 15) is 13.3 Å². The van der Waals surface area contributed by atoms with Crippen LogP contribution in [0.3, 0.4) is 0 Å². The van der Waals surface area contributed by atoms with Gasteiger partial charge in [0.1, 0.15) is 0 Å². The molecule has 7 heteroatoms. The Bertz CT molecular complexity index is 728. The molecule has 0 saturated heterocycles. The third kappa shape index (κ3) is 3.77. The average Bonchev–Trinajstić information content (AvgIpc) is 2.56. The molecule has 2 aromatic rings. The molecule has 0 aromatic heterocycles. The van der Waals surface area contributed by atoms with E-state index in [0.717, 1.165) is 5.56 Å². The Morgan fingerprint density at radius 3 is 2.12 bits per heavy atom. The monoisotopic (exact) mass is 418 g/mol.